The van der Waals surface area contributed by atoms with Crippen LogP contribution in [0, 0.1) is 11.3 Å². The maximum atomic E-state index is 12.4. The number of anilines is 1. The number of hydrogen-bond acceptors (Lipinski definition) is 8. The van der Waals surface area contributed by atoms with E-state index in [2.05, 4.69) is 20.9 Å². The molecule has 0 spiro atoms. The Bertz CT molecular complexity index is 1350. The first-order valence-electron chi connectivity index (χ1n) is 11.4. The second kappa shape index (κ2) is 10.3. The maximum Gasteiger partial charge on any atom is 0.491 e. The number of pyridine rings is 2. The fraction of sp³-hybridized carbons (Fsp3) is 0.375. The first kappa shape index (κ1) is 25.7. The Balaban J connectivity index is 1.53. The lowest BCUT2D eigenvalue weighted by Gasteiger charge is -2.37. The molecule has 3 aromatic heterocycles. The van der Waals surface area contributed by atoms with Crippen LogP contribution in [0.5, 0.6) is 5.75 Å². The number of nitrogens with zero attached hydrogens (tertiary/aromatic N) is 6. The first-order chi connectivity index (χ1) is 17.6. The van der Waals surface area contributed by atoms with E-state index >= 15 is 0 Å². The van der Waals surface area contributed by atoms with Gasteiger partial charge in [-0.1, -0.05) is 0 Å². The number of fused-ring (bicyclic) bond motifs is 1. The van der Waals surface area contributed by atoms with Gasteiger partial charge in [0.2, 0.25) is 0 Å². The van der Waals surface area contributed by atoms with E-state index < -0.39 is 24.3 Å². The minimum absolute atomic E-state index is 0.295. The number of hydrogen-bond donors (Lipinski definition) is 0. The summed E-state index contributed by atoms with van der Waals surface area (Å²) in [7, 11) is 1.30. The van der Waals surface area contributed by atoms with Gasteiger partial charge in [0.25, 0.3) is 0 Å². The predicted molar refractivity (Wildman–Crippen MR) is 125 cm³/mol. The minimum atomic E-state index is -5.25. The van der Waals surface area contributed by atoms with Gasteiger partial charge in [-0.05, 0) is 38.0 Å². The molecule has 1 fully saturated rings. The lowest BCUT2D eigenvalue weighted by Crippen LogP contribution is -2.49. The maximum absolute atomic E-state index is 12.4. The molecular weight excluding hydrogens is 493 g/mol. The fourth-order valence-corrected chi connectivity index (χ4v) is 4.21. The lowest BCUT2D eigenvalue weighted by atomic mass is 10.0. The zero-order valence-corrected chi connectivity index (χ0v) is 20.0. The van der Waals surface area contributed by atoms with Crippen molar-refractivity contribution in [3.05, 3.63) is 42.4 Å². The van der Waals surface area contributed by atoms with Crippen LogP contribution in [0.1, 0.15) is 25.3 Å². The standard InChI is InChI=1S/C24H23F3N6O4/c1-3-36-18-9-19(21-16(10-28)12-30-33(21)14-18)15-6-7-20(29-11-15)32-8-4-5-17(13-32)31(2)23(35)37-22(34)24(25,26)27/h6-7,9,11-12,14,17H,3-5,8,13H2,1-2H3/t17-/m0/s1. The summed E-state index contributed by atoms with van der Waals surface area (Å²) in [5.74, 6) is -1.36. The highest BCUT2D eigenvalue weighted by molar-refractivity contribution is 5.88. The van der Waals surface area contributed by atoms with E-state index in [1.165, 1.54) is 13.2 Å². The molecule has 10 nitrogen and oxygen atoms in total. The van der Waals surface area contributed by atoms with Gasteiger partial charge in [0.15, 0.2) is 0 Å². The molecule has 0 saturated carbocycles. The molecule has 0 unspecified atom stereocenters. The van der Waals surface area contributed by atoms with Crippen molar-refractivity contribution in [2.75, 3.05) is 31.6 Å². The van der Waals surface area contributed by atoms with Crippen LogP contribution in [0.4, 0.5) is 23.8 Å². The lowest BCUT2D eigenvalue weighted by molar-refractivity contribution is -0.193. The van der Waals surface area contributed by atoms with Crippen molar-refractivity contribution in [2.24, 2.45) is 0 Å². The summed E-state index contributed by atoms with van der Waals surface area (Å²) < 4.78 is 48.5. The molecule has 0 bridgehead atoms. The molecule has 1 saturated heterocycles. The number of ether oxygens (including phenoxy) is 2. The molecule has 1 aliphatic rings. The SMILES string of the molecule is CCOc1cc(-c2ccc(N3CCC[C@H](N(C)C(=O)OC(=O)C(F)(F)F)C3)nc2)c2c(C#N)cnn2c1. The molecule has 13 heteroatoms. The predicted octanol–water partition coefficient (Wildman–Crippen LogP) is 3.79. The number of rotatable bonds is 5. The van der Waals surface area contributed by atoms with E-state index in [1.54, 1.807) is 23.0 Å². The van der Waals surface area contributed by atoms with Gasteiger partial charge < -0.3 is 19.3 Å². The number of carbonyl (C=O) groups is 2. The Labute approximate surface area is 209 Å². The highest BCUT2D eigenvalue weighted by atomic mass is 19.4. The Morgan fingerprint density at radius 3 is 2.73 bits per heavy atom. The summed E-state index contributed by atoms with van der Waals surface area (Å²) in [5, 5.41) is 13.8. The summed E-state index contributed by atoms with van der Waals surface area (Å²) in [6.45, 7) is 3.24. The topological polar surface area (TPSA) is 113 Å². The molecule has 1 aliphatic heterocycles. The Hall–Kier alpha value is -4.34. The van der Waals surface area contributed by atoms with Crippen molar-refractivity contribution >= 4 is 23.4 Å². The van der Waals surface area contributed by atoms with Crippen LogP contribution in [0.25, 0.3) is 16.6 Å². The van der Waals surface area contributed by atoms with E-state index in [-0.39, 0.29) is 0 Å². The van der Waals surface area contributed by atoms with Crippen molar-refractivity contribution in [3.8, 4) is 22.9 Å². The molecule has 194 valence electrons. The number of aromatic nitrogens is 3. The zero-order chi connectivity index (χ0) is 26.7. The van der Waals surface area contributed by atoms with Gasteiger partial charge in [0, 0.05) is 37.5 Å². The fourth-order valence-electron chi connectivity index (χ4n) is 4.21. The second-order valence-electron chi connectivity index (χ2n) is 8.40. The van der Waals surface area contributed by atoms with Crippen LogP contribution in [-0.4, -0.2) is 70.5 Å². The summed E-state index contributed by atoms with van der Waals surface area (Å²) in [4.78, 5) is 30.5. The molecule has 0 radical (unpaired) electrons. The smallest absolute Gasteiger partial charge is 0.491 e. The second-order valence-corrected chi connectivity index (χ2v) is 8.40. The summed E-state index contributed by atoms with van der Waals surface area (Å²) in [6, 6.07) is 7.11. The van der Waals surface area contributed by atoms with E-state index in [1.807, 2.05) is 24.0 Å². The third-order valence-electron chi connectivity index (χ3n) is 6.04. The number of nitriles is 1. The minimum Gasteiger partial charge on any atom is -0.492 e. The van der Waals surface area contributed by atoms with Crippen LogP contribution >= 0.6 is 0 Å². The van der Waals surface area contributed by atoms with Gasteiger partial charge in [-0.25, -0.2) is 19.1 Å². The van der Waals surface area contributed by atoms with Gasteiger partial charge in [-0.3, -0.25) is 0 Å². The molecule has 4 heterocycles. The van der Waals surface area contributed by atoms with Crippen LogP contribution in [-0.2, 0) is 9.53 Å². The normalized spacial score (nSPS) is 15.8. The third-order valence-corrected chi connectivity index (χ3v) is 6.04. The van der Waals surface area contributed by atoms with E-state index in [0.717, 1.165) is 10.5 Å². The third kappa shape index (κ3) is 5.42. The monoisotopic (exact) mass is 516 g/mol. The molecule has 3 aromatic rings. The van der Waals surface area contributed by atoms with E-state index in [0.29, 0.717) is 60.7 Å². The van der Waals surface area contributed by atoms with Gasteiger partial charge in [0.1, 0.15) is 17.6 Å². The molecule has 4 rings (SSSR count). The van der Waals surface area contributed by atoms with Crippen LogP contribution in [0.2, 0.25) is 0 Å². The number of piperidine rings is 1. The zero-order valence-electron chi connectivity index (χ0n) is 20.0. The highest BCUT2D eigenvalue weighted by Gasteiger charge is 2.43. The number of alkyl halides is 3. The summed E-state index contributed by atoms with van der Waals surface area (Å²) >= 11 is 0. The van der Waals surface area contributed by atoms with Crippen LogP contribution in [0.3, 0.4) is 0 Å². The van der Waals surface area contributed by atoms with Crippen LogP contribution in [0.15, 0.2) is 36.8 Å². The average molecular weight is 516 g/mol. The van der Waals surface area contributed by atoms with Crippen molar-refractivity contribution in [1.29, 1.82) is 5.26 Å². The summed E-state index contributed by atoms with van der Waals surface area (Å²) in [5.41, 5.74) is 2.46. The van der Waals surface area contributed by atoms with Gasteiger partial charge in [-0.15, -0.1) is 0 Å². The van der Waals surface area contributed by atoms with E-state index in [9.17, 15) is 28.0 Å². The van der Waals surface area contributed by atoms with Crippen LogP contribution < -0.4 is 9.64 Å². The van der Waals surface area contributed by atoms with Gasteiger partial charge >= 0.3 is 18.2 Å². The molecule has 0 aliphatic carbocycles. The van der Waals surface area contributed by atoms with Gasteiger partial charge in [0.05, 0.1) is 36.1 Å². The highest BCUT2D eigenvalue weighted by Crippen LogP contribution is 2.32. The average Bonchev–Trinajstić information content (AvgIpc) is 3.30. The Morgan fingerprint density at radius 2 is 2.08 bits per heavy atom. The molecular formula is C24H23F3N6O4. The molecule has 1 amide bonds. The largest absolute Gasteiger partial charge is 0.492 e. The van der Waals surface area contributed by atoms with Crippen molar-refractivity contribution in [2.45, 2.75) is 32.0 Å². The van der Waals surface area contributed by atoms with Crippen molar-refractivity contribution in [3.63, 3.8) is 0 Å². The number of halogens is 3. The van der Waals surface area contributed by atoms with Crippen molar-refractivity contribution < 1.29 is 32.2 Å². The number of esters is 1. The summed E-state index contributed by atoms with van der Waals surface area (Å²) in [6.07, 6.45) is -0.600. The molecule has 0 N–H and O–H groups in total. The van der Waals surface area contributed by atoms with Gasteiger partial charge in [-0.2, -0.15) is 23.5 Å². The molecule has 1 atom stereocenters. The number of amides is 1. The quantitative estimate of drug-likeness (QED) is 0.372. The number of likely N-dealkylation sites (N-methyl/N-ethyl adjacent to an activating group) is 1. The molecule has 0 aromatic carbocycles. The van der Waals surface area contributed by atoms with Crippen molar-refractivity contribution in [1.82, 2.24) is 19.5 Å². The first-order valence-corrected chi connectivity index (χ1v) is 11.4. The Kier molecular flexibility index (Phi) is 7.19. The molecule has 37 heavy (non-hydrogen) atoms. The number of carbonyl (C=O) groups excluding carboxylic acids is 2. The Morgan fingerprint density at radius 1 is 1.30 bits per heavy atom. The van der Waals surface area contributed by atoms with E-state index in [4.69, 9.17) is 4.74 Å².